The molecule has 1 atom stereocenters. The Bertz CT molecular complexity index is 1440. The van der Waals surface area contributed by atoms with E-state index in [0.717, 1.165) is 66.8 Å². The number of pyridine rings is 1. The third-order valence-electron chi connectivity index (χ3n) is 8.11. The lowest BCUT2D eigenvalue weighted by atomic mass is 9.91. The molecule has 11 heteroatoms. The molecule has 3 heterocycles. The molecule has 1 aromatic heterocycles. The number of fused-ring (bicyclic) bond motifs is 2. The number of benzene rings is 1. The van der Waals surface area contributed by atoms with E-state index >= 15 is 0 Å². The molecule has 216 valence electrons. The van der Waals surface area contributed by atoms with Crippen molar-refractivity contribution in [3.63, 3.8) is 0 Å². The summed E-state index contributed by atoms with van der Waals surface area (Å²) >= 11 is 0. The van der Waals surface area contributed by atoms with Crippen LogP contribution in [-0.4, -0.2) is 65.8 Å². The summed E-state index contributed by atoms with van der Waals surface area (Å²) in [5, 5.41) is 6.10. The molecule has 1 aliphatic carbocycles. The molecule has 41 heavy (non-hydrogen) atoms. The number of carbonyl (C=O) groups excluding carboxylic acids is 2. The lowest BCUT2D eigenvalue weighted by molar-refractivity contribution is -0.118. The van der Waals surface area contributed by atoms with Gasteiger partial charge in [-0.2, -0.15) is 0 Å². The van der Waals surface area contributed by atoms with Gasteiger partial charge in [0.2, 0.25) is 5.56 Å². The van der Waals surface area contributed by atoms with E-state index in [1.54, 1.807) is 19.3 Å². The van der Waals surface area contributed by atoms with Crippen LogP contribution in [0.4, 0.5) is 10.5 Å². The van der Waals surface area contributed by atoms with Crippen LogP contribution in [0, 0.1) is 0 Å². The predicted octanol–water partition coefficient (Wildman–Crippen LogP) is 2.82. The minimum atomic E-state index is -0.300. The fourth-order valence-corrected chi connectivity index (χ4v) is 5.92. The van der Waals surface area contributed by atoms with Crippen molar-refractivity contribution in [3.8, 4) is 5.75 Å². The molecule has 0 bridgehead atoms. The Labute approximate surface area is 239 Å². The normalized spacial score (nSPS) is 19.7. The summed E-state index contributed by atoms with van der Waals surface area (Å²) in [6.45, 7) is 5.91. The number of nitrogens with one attached hydrogen (secondary N) is 3. The van der Waals surface area contributed by atoms with Crippen LogP contribution in [0.3, 0.4) is 0 Å². The maximum absolute atomic E-state index is 13.1. The lowest BCUT2D eigenvalue weighted by Gasteiger charge is -2.38. The van der Waals surface area contributed by atoms with Crippen molar-refractivity contribution in [2.45, 2.75) is 50.6 Å². The van der Waals surface area contributed by atoms with Gasteiger partial charge in [0.25, 0.3) is 5.91 Å². The number of nitrogens with zero attached hydrogens (tertiary/aromatic N) is 3. The largest absolute Gasteiger partial charge is 0.497 e. The van der Waals surface area contributed by atoms with Gasteiger partial charge in [-0.15, -0.1) is 0 Å². The predicted molar refractivity (Wildman–Crippen MR) is 158 cm³/mol. The zero-order chi connectivity index (χ0) is 28.9. The van der Waals surface area contributed by atoms with Crippen LogP contribution in [0.15, 0.2) is 64.2 Å². The number of H-pyrrole nitrogens is 1. The third-order valence-corrected chi connectivity index (χ3v) is 8.11. The average Bonchev–Trinajstić information content (AvgIpc) is 3.14. The van der Waals surface area contributed by atoms with Gasteiger partial charge in [0, 0.05) is 48.7 Å². The summed E-state index contributed by atoms with van der Waals surface area (Å²) in [6, 6.07) is 8.77. The van der Waals surface area contributed by atoms with Crippen molar-refractivity contribution in [1.29, 1.82) is 0 Å². The summed E-state index contributed by atoms with van der Waals surface area (Å²) < 4.78 is 5.34. The van der Waals surface area contributed by atoms with Gasteiger partial charge in [0.05, 0.1) is 19.5 Å². The zero-order valence-corrected chi connectivity index (χ0v) is 23.3. The fraction of sp³-hybridized carbons (Fsp3) is 0.400. The maximum atomic E-state index is 13.1. The topological polar surface area (TPSA) is 145 Å². The minimum absolute atomic E-state index is 0.0786. The van der Waals surface area contributed by atoms with Crippen molar-refractivity contribution in [1.82, 2.24) is 20.1 Å². The van der Waals surface area contributed by atoms with Crippen molar-refractivity contribution in [2.24, 2.45) is 10.7 Å². The molecule has 11 nitrogen and oxygen atoms in total. The van der Waals surface area contributed by atoms with Crippen LogP contribution in [0.25, 0.3) is 0 Å². The molecule has 1 unspecified atom stereocenters. The Morgan fingerprint density at radius 3 is 2.71 bits per heavy atom. The SMILES string of the molecule is C=C(/C=C(\N=C/N)N1CCC(N2CCc3cc(OC)ccc3NC2=O)CC1)C(=O)NC1CCCc2[nH]c(=O)ccc21. The number of methoxy groups -OCH3 is 1. The summed E-state index contributed by atoms with van der Waals surface area (Å²) in [4.78, 5) is 49.0. The number of rotatable bonds is 7. The Balaban J connectivity index is 1.21. The Hall–Kier alpha value is -4.54. The molecular formula is C30H37N7O4. The van der Waals surface area contributed by atoms with E-state index in [9.17, 15) is 14.4 Å². The molecular weight excluding hydrogens is 522 g/mol. The Morgan fingerprint density at radius 1 is 1.15 bits per heavy atom. The molecule has 0 saturated carbocycles. The second kappa shape index (κ2) is 12.3. The number of aromatic nitrogens is 1. The summed E-state index contributed by atoms with van der Waals surface area (Å²) in [7, 11) is 1.64. The smallest absolute Gasteiger partial charge is 0.322 e. The van der Waals surface area contributed by atoms with Crippen molar-refractivity contribution < 1.29 is 14.3 Å². The van der Waals surface area contributed by atoms with Crippen LogP contribution in [0.2, 0.25) is 0 Å². The molecule has 2 aromatic rings. The van der Waals surface area contributed by atoms with Gasteiger partial charge >= 0.3 is 6.03 Å². The van der Waals surface area contributed by atoms with E-state index in [1.165, 1.54) is 12.4 Å². The lowest BCUT2D eigenvalue weighted by Crippen LogP contribution is -2.48. The molecule has 0 radical (unpaired) electrons. The number of amides is 3. The number of hydrogen-bond donors (Lipinski definition) is 4. The van der Waals surface area contributed by atoms with E-state index in [0.29, 0.717) is 25.5 Å². The number of piperidine rings is 1. The van der Waals surface area contributed by atoms with E-state index in [1.807, 2.05) is 23.1 Å². The van der Waals surface area contributed by atoms with Gasteiger partial charge in [0.15, 0.2) is 0 Å². The van der Waals surface area contributed by atoms with Crippen molar-refractivity contribution >= 4 is 24.0 Å². The number of aryl methyl sites for hydroxylation is 1. The van der Waals surface area contributed by atoms with Gasteiger partial charge in [-0.3, -0.25) is 9.59 Å². The van der Waals surface area contributed by atoms with E-state index in [2.05, 4.69) is 32.1 Å². The highest BCUT2D eigenvalue weighted by atomic mass is 16.5. The first kappa shape index (κ1) is 28.0. The molecule has 5 N–H and O–H groups in total. The Kier molecular flexibility index (Phi) is 8.42. The summed E-state index contributed by atoms with van der Waals surface area (Å²) in [5.74, 6) is 1.03. The highest BCUT2D eigenvalue weighted by molar-refractivity contribution is 5.96. The first-order valence-electron chi connectivity index (χ1n) is 14.0. The first-order valence-corrected chi connectivity index (χ1v) is 14.0. The van der Waals surface area contributed by atoms with Gasteiger partial charge < -0.3 is 35.9 Å². The molecule has 1 saturated heterocycles. The second-order valence-electron chi connectivity index (χ2n) is 10.6. The summed E-state index contributed by atoms with van der Waals surface area (Å²) in [6.07, 6.45) is 7.54. The fourth-order valence-electron chi connectivity index (χ4n) is 5.92. The van der Waals surface area contributed by atoms with Gasteiger partial charge in [-0.1, -0.05) is 6.58 Å². The van der Waals surface area contributed by atoms with Crippen LogP contribution >= 0.6 is 0 Å². The highest BCUT2D eigenvalue weighted by Crippen LogP contribution is 2.30. The number of anilines is 1. The minimum Gasteiger partial charge on any atom is -0.497 e. The van der Waals surface area contributed by atoms with Crippen LogP contribution in [0.1, 0.15) is 48.5 Å². The number of hydrogen-bond acceptors (Lipinski definition) is 6. The number of carbonyl (C=O) groups is 2. The molecule has 1 aromatic carbocycles. The zero-order valence-electron chi connectivity index (χ0n) is 23.3. The molecule has 5 rings (SSSR count). The van der Waals surface area contributed by atoms with Crippen LogP contribution < -0.4 is 26.7 Å². The molecule has 1 fully saturated rings. The number of nitrogens with two attached hydrogens (primary N) is 1. The average molecular weight is 560 g/mol. The number of aromatic amines is 1. The highest BCUT2D eigenvalue weighted by Gasteiger charge is 2.31. The number of aliphatic imine (C=N–C) groups is 1. The number of likely N-dealkylation sites (tertiary alicyclic amines) is 1. The van der Waals surface area contributed by atoms with E-state index < -0.39 is 0 Å². The quantitative estimate of drug-likeness (QED) is 0.178. The van der Waals surface area contributed by atoms with Gasteiger partial charge in [-0.05, 0) is 80.0 Å². The van der Waals surface area contributed by atoms with Crippen LogP contribution in [0.5, 0.6) is 5.75 Å². The monoisotopic (exact) mass is 559 g/mol. The molecule has 0 spiro atoms. The summed E-state index contributed by atoms with van der Waals surface area (Å²) in [5.41, 5.74) is 9.46. The standard InChI is InChI=1S/C30H37N7O4/c1-19(29(39)34-26-5-3-4-25-23(26)7-9-28(38)33-25)16-27(32-18-31)36-13-11-21(12-14-36)37-15-10-20-17-22(41-2)6-8-24(20)35-30(37)40/h6-9,16-18,21,26H,1,3-5,10-15H2,2H3,(H2,31,32)(H,33,38)(H,34,39)(H,35,40)/b27-16+. The second-order valence-corrected chi connectivity index (χ2v) is 10.6. The molecule has 3 amide bonds. The first-order chi connectivity index (χ1) is 19.9. The van der Waals surface area contributed by atoms with Gasteiger partial charge in [-0.25, -0.2) is 9.79 Å². The van der Waals surface area contributed by atoms with Gasteiger partial charge in [0.1, 0.15) is 11.6 Å². The number of ether oxygens (including phenoxy) is 1. The van der Waals surface area contributed by atoms with E-state index in [-0.39, 0.29) is 35.2 Å². The van der Waals surface area contributed by atoms with Crippen LogP contribution in [-0.2, 0) is 17.6 Å². The molecule has 3 aliphatic rings. The molecule has 2 aliphatic heterocycles. The van der Waals surface area contributed by atoms with Crippen molar-refractivity contribution in [2.75, 3.05) is 32.1 Å². The third kappa shape index (κ3) is 6.29. The Morgan fingerprint density at radius 2 is 1.95 bits per heavy atom. The van der Waals surface area contributed by atoms with Crippen molar-refractivity contribution in [3.05, 3.63) is 81.6 Å². The number of urea groups is 1. The van der Waals surface area contributed by atoms with E-state index in [4.69, 9.17) is 10.5 Å². The maximum Gasteiger partial charge on any atom is 0.322 e.